The van der Waals surface area contributed by atoms with Gasteiger partial charge in [0.25, 0.3) is 0 Å². The van der Waals surface area contributed by atoms with Crippen molar-refractivity contribution >= 4 is 38.9 Å². The molecule has 1 heterocycles. The van der Waals surface area contributed by atoms with Crippen molar-refractivity contribution in [2.24, 2.45) is 0 Å². The van der Waals surface area contributed by atoms with Crippen LogP contribution in [-0.2, 0) is 6.54 Å². The Balaban J connectivity index is 1.48. The number of benzene rings is 2. The second-order valence-electron chi connectivity index (χ2n) is 6.05. The normalized spacial score (nSPS) is 15.0. The fraction of sp³-hybridized carbons (Fsp3) is 0.316. The van der Waals surface area contributed by atoms with E-state index in [1.165, 1.54) is 5.56 Å². The van der Waals surface area contributed by atoms with Crippen molar-refractivity contribution < 1.29 is 4.74 Å². The molecule has 0 bridgehead atoms. The van der Waals surface area contributed by atoms with Gasteiger partial charge in [0.2, 0.25) is 0 Å². The number of ether oxygens (including phenoxy) is 1. The average molecular weight is 420 g/mol. The highest BCUT2D eigenvalue weighted by Gasteiger charge is 2.19. The summed E-state index contributed by atoms with van der Waals surface area (Å²) < 4.78 is 6.26. The van der Waals surface area contributed by atoms with Crippen molar-refractivity contribution in [3.63, 3.8) is 0 Å². The van der Waals surface area contributed by atoms with Crippen LogP contribution in [0.3, 0.4) is 0 Å². The Morgan fingerprint density at radius 3 is 2.48 bits per heavy atom. The minimum Gasteiger partial charge on any atom is -0.497 e. The van der Waals surface area contributed by atoms with Crippen LogP contribution < -0.4 is 10.1 Å². The summed E-state index contributed by atoms with van der Waals surface area (Å²) in [4.78, 5) is 4.70. The Morgan fingerprint density at radius 2 is 1.84 bits per heavy atom. The predicted octanol–water partition coefficient (Wildman–Crippen LogP) is 3.97. The molecule has 0 amide bonds. The molecule has 4 nitrogen and oxygen atoms in total. The monoisotopic (exact) mass is 419 g/mol. The van der Waals surface area contributed by atoms with Crippen molar-refractivity contribution in [2.45, 2.75) is 6.54 Å². The van der Waals surface area contributed by atoms with Gasteiger partial charge in [-0.15, -0.1) is 0 Å². The number of methoxy groups -OCH3 is 1. The van der Waals surface area contributed by atoms with Crippen molar-refractivity contribution in [1.29, 1.82) is 0 Å². The number of rotatable bonds is 4. The van der Waals surface area contributed by atoms with Crippen LogP contribution in [0.1, 0.15) is 5.56 Å². The zero-order chi connectivity index (χ0) is 17.6. The highest BCUT2D eigenvalue weighted by molar-refractivity contribution is 9.10. The molecular formula is C19H22BrN3OS. The summed E-state index contributed by atoms with van der Waals surface area (Å²) in [6.07, 6.45) is 0. The van der Waals surface area contributed by atoms with E-state index in [9.17, 15) is 0 Å². The molecule has 0 unspecified atom stereocenters. The molecule has 1 N–H and O–H groups in total. The van der Waals surface area contributed by atoms with Gasteiger partial charge in [0, 0.05) is 42.9 Å². The zero-order valence-electron chi connectivity index (χ0n) is 14.2. The van der Waals surface area contributed by atoms with Gasteiger partial charge in [0.05, 0.1) is 7.11 Å². The molecule has 132 valence electrons. The fourth-order valence-corrected chi connectivity index (χ4v) is 3.57. The van der Waals surface area contributed by atoms with E-state index in [0.717, 1.165) is 53.7 Å². The van der Waals surface area contributed by atoms with Gasteiger partial charge < -0.3 is 15.0 Å². The lowest BCUT2D eigenvalue weighted by Gasteiger charge is -2.36. The first kappa shape index (κ1) is 18.2. The Hall–Kier alpha value is -1.63. The molecule has 0 aliphatic carbocycles. The van der Waals surface area contributed by atoms with E-state index in [1.54, 1.807) is 7.11 Å². The van der Waals surface area contributed by atoms with Crippen LogP contribution in [-0.4, -0.2) is 48.2 Å². The first-order valence-corrected chi connectivity index (χ1v) is 9.51. The first-order chi connectivity index (χ1) is 12.1. The van der Waals surface area contributed by atoms with Crippen LogP contribution in [0.25, 0.3) is 0 Å². The van der Waals surface area contributed by atoms with E-state index < -0.39 is 0 Å². The summed E-state index contributed by atoms with van der Waals surface area (Å²) in [5, 5.41) is 4.12. The highest BCUT2D eigenvalue weighted by atomic mass is 79.9. The lowest BCUT2D eigenvalue weighted by Crippen LogP contribution is -2.49. The van der Waals surface area contributed by atoms with Crippen molar-refractivity contribution in [3.05, 3.63) is 58.6 Å². The van der Waals surface area contributed by atoms with E-state index >= 15 is 0 Å². The summed E-state index contributed by atoms with van der Waals surface area (Å²) in [6, 6.07) is 16.4. The number of halogens is 1. The largest absolute Gasteiger partial charge is 0.497 e. The SMILES string of the molecule is COc1ccc(CN2CCN(C(=S)Nc3cccc(Br)c3)CC2)cc1. The fourth-order valence-electron chi connectivity index (χ4n) is 2.87. The van der Waals surface area contributed by atoms with Crippen LogP contribution in [0.5, 0.6) is 5.75 Å². The van der Waals surface area contributed by atoms with Crippen molar-refractivity contribution in [1.82, 2.24) is 9.80 Å². The molecule has 0 radical (unpaired) electrons. The molecule has 0 atom stereocenters. The number of hydrogen-bond acceptors (Lipinski definition) is 3. The number of piperazine rings is 1. The molecule has 2 aromatic rings. The second-order valence-corrected chi connectivity index (χ2v) is 7.35. The molecular weight excluding hydrogens is 398 g/mol. The van der Waals surface area contributed by atoms with E-state index in [1.807, 2.05) is 36.4 Å². The Kier molecular flexibility index (Phi) is 6.29. The Morgan fingerprint density at radius 1 is 1.12 bits per heavy atom. The molecule has 3 rings (SSSR count). The number of nitrogens with zero attached hydrogens (tertiary/aromatic N) is 2. The van der Waals surface area contributed by atoms with Gasteiger partial charge in [-0.1, -0.05) is 34.1 Å². The molecule has 1 aliphatic heterocycles. The van der Waals surface area contributed by atoms with Crippen LogP contribution in [0, 0.1) is 0 Å². The van der Waals surface area contributed by atoms with E-state index in [-0.39, 0.29) is 0 Å². The third-order valence-corrected chi connectivity index (χ3v) is 5.15. The molecule has 0 spiro atoms. The molecule has 2 aromatic carbocycles. The summed E-state index contributed by atoms with van der Waals surface area (Å²) >= 11 is 9.05. The van der Waals surface area contributed by atoms with Gasteiger partial charge in [-0.2, -0.15) is 0 Å². The summed E-state index contributed by atoms with van der Waals surface area (Å²) in [6.45, 7) is 4.86. The third-order valence-electron chi connectivity index (χ3n) is 4.30. The predicted molar refractivity (Wildman–Crippen MR) is 110 cm³/mol. The lowest BCUT2D eigenvalue weighted by atomic mass is 10.2. The minimum absolute atomic E-state index is 0.794. The smallest absolute Gasteiger partial charge is 0.173 e. The highest BCUT2D eigenvalue weighted by Crippen LogP contribution is 2.17. The van der Waals surface area contributed by atoms with E-state index in [0.29, 0.717) is 0 Å². The summed E-state index contributed by atoms with van der Waals surface area (Å²) in [5.41, 5.74) is 2.32. The van der Waals surface area contributed by atoms with Crippen LogP contribution in [0.4, 0.5) is 5.69 Å². The molecule has 0 saturated carbocycles. The van der Waals surface area contributed by atoms with Gasteiger partial charge in [-0.25, -0.2) is 0 Å². The quantitative estimate of drug-likeness (QED) is 0.756. The van der Waals surface area contributed by atoms with Gasteiger partial charge in [-0.05, 0) is 48.1 Å². The van der Waals surface area contributed by atoms with Crippen molar-refractivity contribution in [2.75, 3.05) is 38.6 Å². The van der Waals surface area contributed by atoms with E-state index in [2.05, 4.69) is 43.2 Å². The molecule has 1 saturated heterocycles. The second kappa shape index (κ2) is 8.65. The van der Waals surface area contributed by atoms with Gasteiger partial charge in [-0.3, -0.25) is 4.90 Å². The maximum atomic E-state index is 5.56. The molecule has 1 fully saturated rings. The number of thiocarbonyl (C=S) groups is 1. The van der Waals surface area contributed by atoms with Gasteiger partial charge >= 0.3 is 0 Å². The molecule has 1 aliphatic rings. The average Bonchev–Trinajstić information content (AvgIpc) is 2.63. The summed E-state index contributed by atoms with van der Waals surface area (Å²) in [5.74, 6) is 0.901. The number of nitrogens with one attached hydrogen (secondary N) is 1. The molecule has 25 heavy (non-hydrogen) atoms. The Bertz CT molecular complexity index is 715. The third kappa shape index (κ3) is 5.17. The van der Waals surface area contributed by atoms with Crippen LogP contribution >= 0.6 is 28.1 Å². The molecule has 6 heteroatoms. The topological polar surface area (TPSA) is 27.7 Å². The van der Waals surface area contributed by atoms with Crippen molar-refractivity contribution in [3.8, 4) is 5.75 Å². The number of anilines is 1. The zero-order valence-corrected chi connectivity index (χ0v) is 16.6. The van der Waals surface area contributed by atoms with Gasteiger partial charge in [0.1, 0.15) is 5.75 Å². The lowest BCUT2D eigenvalue weighted by molar-refractivity contribution is 0.177. The standard InChI is InChI=1S/C19H22BrN3OS/c1-24-18-7-5-15(6-8-18)14-22-9-11-23(12-10-22)19(25)21-17-4-2-3-16(20)13-17/h2-8,13H,9-12,14H2,1H3,(H,21,25). The van der Waals surface area contributed by atoms with Crippen LogP contribution in [0.15, 0.2) is 53.0 Å². The first-order valence-electron chi connectivity index (χ1n) is 8.31. The molecule has 0 aromatic heterocycles. The summed E-state index contributed by atoms with van der Waals surface area (Å²) in [7, 11) is 1.69. The van der Waals surface area contributed by atoms with E-state index in [4.69, 9.17) is 17.0 Å². The maximum absolute atomic E-state index is 5.56. The number of hydrogen-bond donors (Lipinski definition) is 1. The maximum Gasteiger partial charge on any atom is 0.173 e. The Labute approximate surface area is 162 Å². The minimum atomic E-state index is 0.794. The van der Waals surface area contributed by atoms with Crippen LogP contribution in [0.2, 0.25) is 0 Å². The van der Waals surface area contributed by atoms with Gasteiger partial charge in [0.15, 0.2) is 5.11 Å².